The molecule has 9 heteroatoms. The summed E-state index contributed by atoms with van der Waals surface area (Å²) in [7, 11) is -6.93. The molecule has 2 rings (SSSR count). The summed E-state index contributed by atoms with van der Waals surface area (Å²) in [6, 6.07) is 5.31. The van der Waals surface area contributed by atoms with Gasteiger partial charge in [-0.1, -0.05) is 6.92 Å². The van der Waals surface area contributed by atoms with Gasteiger partial charge in [-0.15, -0.1) is 12.4 Å². The van der Waals surface area contributed by atoms with Crippen LogP contribution in [-0.4, -0.2) is 47.0 Å². The summed E-state index contributed by atoms with van der Waals surface area (Å²) >= 11 is 0. The molecule has 6 nitrogen and oxygen atoms in total. The molecular formula is C13H21ClN2O4S2. The van der Waals surface area contributed by atoms with Crippen molar-refractivity contribution in [1.82, 2.24) is 4.31 Å². The molecule has 1 heterocycles. The molecule has 0 amide bonds. The van der Waals surface area contributed by atoms with Crippen LogP contribution in [-0.2, 0) is 19.9 Å². The van der Waals surface area contributed by atoms with Crippen LogP contribution in [0.4, 0.5) is 0 Å². The minimum atomic E-state index is -3.60. The Bertz CT molecular complexity index is 732. The smallest absolute Gasteiger partial charge is 0.243 e. The van der Waals surface area contributed by atoms with Gasteiger partial charge in [-0.25, -0.2) is 16.8 Å². The predicted octanol–water partition coefficient (Wildman–Crippen LogP) is 0.871. The molecule has 22 heavy (non-hydrogen) atoms. The largest absolute Gasteiger partial charge is 0.330 e. The van der Waals surface area contributed by atoms with Crippen LogP contribution in [0.15, 0.2) is 34.1 Å². The Labute approximate surface area is 138 Å². The van der Waals surface area contributed by atoms with Crippen LogP contribution in [0.5, 0.6) is 0 Å². The Balaban J connectivity index is 0.00000242. The van der Waals surface area contributed by atoms with E-state index in [1.54, 1.807) is 0 Å². The zero-order valence-corrected chi connectivity index (χ0v) is 15.0. The first-order valence-corrected chi connectivity index (χ1v) is 9.92. The van der Waals surface area contributed by atoms with Gasteiger partial charge in [0, 0.05) is 19.3 Å². The lowest BCUT2D eigenvalue weighted by molar-refractivity contribution is 0.349. The van der Waals surface area contributed by atoms with Gasteiger partial charge in [0.1, 0.15) is 0 Å². The van der Waals surface area contributed by atoms with Crippen molar-refractivity contribution in [2.75, 3.05) is 25.9 Å². The van der Waals surface area contributed by atoms with Crippen molar-refractivity contribution in [3.05, 3.63) is 24.3 Å². The van der Waals surface area contributed by atoms with Crippen molar-refractivity contribution in [2.24, 2.45) is 11.1 Å². The van der Waals surface area contributed by atoms with E-state index in [0.717, 1.165) is 12.7 Å². The molecule has 1 fully saturated rings. The van der Waals surface area contributed by atoms with Crippen molar-refractivity contribution in [1.29, 1.82) is 0 Å². The van der Waals surface area contributed by atoms with Crippen molar-refractivity contribution in [3.8, 4) is 0 Å². The zero-order chi connectivity index (χ0) is 15.9. The van der Waals surface area contributed by atoms with Crippen LogP contribution in [0.2, 0.25) is 0 Å². The molecule has 1 unspecified atom stereocenters. The Hall–Kier alpha value is -0.670. The molecule has 0 aromatic heterocycles. The van der Waals surface area contributed by atoms with E-state index in [0.29, 0.717) is 19.6 Å². The first-order valence-electron chi connectivity index (χ1n) is 6.59. The van der Waals surface area contributed by atoms with Crippen LogP contribution in [0.1, 0.15) is 13.3 Å². The summed E-state index contributed by atoms with van der Waals surface area (Å²) in [6.45, 7) is 3.23. The molecule has 0 bridgehead atoms. The third-order valence-corrected chi connectivity index (χ3v) is 6.89. The van der Waals surface area contributed by atoms with Crippen LogP contribution in [0, 0.1) is 5.41 Å². The highest BCUT2D eigenvalue weighted by Gasteiger charge is 2.38. The van der Waals surface area contributed by atoms with E-state index in [1.165, 1.54) is 28.6 Å². The Morgan fingerprint density at radius 1 is 1.14 bits per heavy atom. The highest BCUT2D eigenvalue weighted by molar-refractivity contribution is 7.90. The highest BCUT2D eigenvalue weighted by Crippen LogP contribution is 2.32. The molecule has 0 spiro atoms. The van der Waals surface area contributed by atoms with Gasteiger partial charge < -0.3 is 5.73 Å². The van der Waals surface area contributed by atoms with Gasteiger partial charge in [0.25, 0.3) is 0 Å². The predicted molar refractivity (Wildman–Crippen MR) is 87.3 cm³/mol. The Kier molecular flexibility index (Phi) is 5.68. The fraction of sp³-hybridized carbons (Fsp3) is 0.538. The summed E-state index contributed by atoms with van der Waals surface area (Å²) in [5.41, 5.74) is 5.50. The normalized spacial score (nSPS) is 23.2. The maximum absolute atomic E-state index is 12.5. The van der Waals surface area contributed by atoms with Gasteiger partial charge >= 0.3 is 0 Å². The molecule has 1 atom stereocenters. The standard InChI is InChI=1S/C13H20N2O4S2.ClH/c1-13(9-14)7-8-15(10-13)21(18,19)12-5-3-11(4-6-12)20(2,16)17;/h3-6H,7-10,14H2,1-2H3;1H. The minimum absolute atomic E-state index is 0. The molecular weight excluding hydrogens is 348 g/mol. The van der Waals surface area contributed by atoms with Crippen LogP contribution < -0.4 is 5.73 Å². The molecule has 0 saturated carbocycles. The molecule has 1 aromatic carbocycles. The lowest BCUT2D eigenvalue weighted by Gasteiger charge is -2.22. The van der Waals surface area contributed by atoms with Crippen molar-refractivity contribution >= 4 is 32.3 Å². The lowest BCUT2D eigenvalue weighted by Crippen LogP contribution is -2.34. The molecule has 126 valence electrons. The summed E-state index contributed by atoms with van der Waals surface area (Å²) < 4.78 is 49.3. The van der Waals surface area contributed by atoms with Crippen LogP contribution in [0.3, 0.4) is 0 Å². The van der Waals surface area contributed by atoms with E-state index in [1.807, 2.05) is 6.92 Å². The van der Waals surface area contributed by atoms with E-state index in [4.69, 9.17) is 5.73 Å². The third kappa shape index (κ3) is 3.80. The number of sulfone groups is 1. The van der Waals surface area contributed by atoms with E-state index in [2.05, 4.69) is 0 Å². The van der Waals surface area contributed by atoms with Gasteiger partial charge in [0.05, 0.1) is 9.79 Å². The monoisotopic (exact) mass is 368 g/mol. The second-order valence-corrected chi connectivity index (χ2v) is 9.80. The minimum Gasteiger partial charge on any atom is -0.330 e. The van der Waals surface area contributed by atoms with Crippen LogP contribution in [0.25, 0.3) is 0 Å². The molecule has 0 radical (unpaired) electrons. The van der Waals surface area contributed by atoms with Gasteiger partial charge in [-0.05, 0) is 42.6 Å². The number of sulfonamides is 1. The van der Waals surface area contributed by atoms with E-state index < -0.39 is 19.9 Å². The first-order chi connectivity index (χ1) is 9.58. The quantitative estimate of drug-likeness (QED) is 0.850. The number of hydrogen-bond acceptors (Lipinski definition) is 5. The number of benzene rings is 1. The molecule has 1 aliphatic rings. The van der Waals surface area contributed by atoms with E-state index in [-0.39, 0.29) is 27.6 Å². The molecule has 1 saturated heterocycles. The molecule has 1 aliphatic heterocycles. The topological polar surface area (TPSA) is 97.5 Å². The van der Waals surface area contributed by atoms with Crippen molar-refractivity contribution < 1.29 is 16.8 Å². The molecule has 0 aliphatic carbocycles. The maximum Gasteiger partial charge on any atom is 0.243 e. The maximum atomic E-state index is 12.5. The second kappa shape index (κ2) is 6.45. The lowest BCUT2D eigenvalue weighted by atomic mass is 9.90. The average Bonchev–Trinajstić information content (AvgIpc) is 2.82. The zero-order valence-electron chi connectivity index (χ0n) is 12.5. The van der Waals surface area contributed by atoms with Crippen molar-refractivity contribution in [3.63, 3.8) is 0 Å². The summed E-state index contributed by atoms with van der Waals surface area (Å²) in [5, 5.41) is 0. The number of halogens is 1. The third-order valence-electron chi connectivity index (χ3n) is 3.91. The van der Waals surface area contributed by atoms with Gasteiger partial charge in [-0.3, -0.25) is 0 Å². The number of nitrogens with zero attached hydrogens (tertiary/aromatic N) is 1. The molecule has 2 N–H and O–H groups in total. The summed E-state index contributed by atoms with van der Waals surface area (Å²) in [4.78, 5) is 0.214. The summed E-state index contributed by atoms with van der Waals surface area (Å²) in [5.74, 6) is 0. The highest BCUT2D eigenvalue weighted by atomic mass is 35.5. The fourth-order valence-electron chi connectivity index (χ4n) is 2.36. The van der Waals surface area contributed by atoms with Crippen LogP contribution >= 0.6 is 12.4 Å². The fourth-order valence-corrected chi connectivity index (χ4v) is 4.58. The number of hydrogen-bond donors (Lipinski definition) is 1. The summed E-state index contributed by atoms with van der Waals surface area (Å²) in [6.07, 6.45) is 1.81. The Morgan fingerprint density at radius 2 is 1.64 bits per heavy atom. The van der Waals surface area contributed by atoms with Gasteiger partial charge in [0.15, 0.2) is 9.84 Å². The van der Waals surface area contributed by atoms with Crippen molar-refractivity contribution in [2.45, 2.75) is 23.1 Å². The SMILES string of the molecule is CC1(CN)CCN(S(=O)(=O)c2ccc(S(C)(=O)=O)cc2)C1.Cl. The second-order valence-electron chi connectivity index (χ2n) is 5.85. The van der Waals surface area contributed by atoms with Gasteiger partial charge in [-0.2, -0.15) is 4.31 Å². The van der Waals surface area contributed by atoms with Gasteiger partial charge in [0.2, 0.25) is 10.0 Å². The first kappa shape index (κ1) is 19.4. The molecule has 1 aromatic rings. The average molecular weight is 369 g/mol. The Morgan fingerprint density at radius 3 is 2.05 bits per heavy atom. The van der Waals surface area contributed by atoms with E-state index >= 15 is 0 Å². The number of nitrogens with two attached hydrogens (primary N) is 1. The number of rotatable bonds is 4. The van der Waals surface area contributed by atoms with E-state index in [9.17, 15) is 16.8 Å².